The molecule has 0 unspecified atom stereocenters. The van der Waals surface area contributed by atoms with Crippen molar-refractivity contribution in [1.29, 1.82) is 0 Å². The van der Waals surface area contributed by atoms with Crippen LogP contribution in [0.15, 0.2) is 18.2 Å². The van der Waals surface area contributed by atoms with E-state index in [2.05, 4.69) is 20.6 Å². The van der Waals surface area contributed by atoms with E-state index in [-0.39, 0.29) is 17.6 Å². The normalized spacial score (nSPS) is 13.6. The van der Waals surface area contributed by atoms with Gasteiger partial charge < -0.3 is 10.6 Å². The lowest BCUT2D eigenvalue weighted by Crippen LogP contribution is -2.34. The van der Waals surface area contributed by atoms with Gasteiger partial charge in [0.2, 0.25) is 0 Å². The number of nitrogens with zero attached hydrogens (tertiary/aromatic N) is 2. The van der Waals surface area contributed by atoms with Crippen molar-refractivity contribution in [3.8, 4) is 0 Å². The Labute approximate surface area is 140 Å². The third-order valence-electron chi connectivity index (χ3n) is 4.10. The summed E-state index contributed by atoms with van der Waals surface area (Å²) < 4.78 is 13.4. The molecule has 6 heteroatoms. The number of hydrogen-bond donors (Lipinski definition) is 2. The number of benzene rings is 1. The number of aryl methyl sites for hydroxylation is 1. The molecule has 0 bridgehead atoms. The first-order valence-corrected chi connectivity index (χ1v) is 8.13. The van der Waals surface area contributed by atoms with Crippen LogP contribution in [0.4, 0.5) is 10.2 Å². The van der Waals surface area contributed by atoms with Crippen molar-refractivity contribution >= 4 is 11.7 Å². The van der Waals surface area contributed by atoms with Crippen LogP contribution in [0, 0.1) is 12.7 Å². The van der Waals surface area contributed by atoms with Crippen LogP contribution in [0.3, 0.4) is 0 Å². The molecule has 1 amide bonds. The molecule has 0 fully saturated rings. The summed E-state index contributed by atoms with van der Waals surface area (Å²) in [6.07, 6.45) is 0.699. The minimum atomic E-state index is -0.211. The lowest BCUT2D eigenvalue weighted by atomic mass is 10.0. The number of hydrogen-bond acceptors (Lipinski definition) is 4. The highest BCUT2D eigenvalue weighted by Gasteiger charge is 2.24. The highest BCUT2D eigenvalue weighted by Crippen LogP contribution is 2.23. The molecule has 1 aromatic heterocycles. The maximum absolute atomic E-state index is 13.4. The van der Waals surface area contributed by atoms with E-state index in [4.69, 9.17) is 0 Å². The van der Waals surface area contributed by atoms with E-state index in [1.165, 1.54) is 6.07 Å². The molecule has 0 aliphatic carbocycles. The molecule has 2 N–H and O–H groups in total. The van der Waals surface area contributed by atoms with Gasteiger partial charge in [-0.05, 0) is 30.5 Å². The number of rotatable bonds is 4. The van der Waals surface area contributed by atoms with E-state index in [0.717, 1.165) is 11.1 Å². The van der Waals surface area contributed by atoms with Gasteiger partial charge in [-0.3, -0.25) is 4.79 Å². The Morgan fingerprint density at radius 1 is 1.33 bits per heavy atom. The van der Waals surface area contributed by atoms with Crippen molar-refractivity contribution in [2.45, 2.75) is 39.7 Å². The first-order valence-electron chi connectivity index (χ1n) is 8.13. The van der Waals surface area contributed by atoms with E-state index >= 15 is 0 Å². The maximum atomic E-state index is 13.4. The van der Waals surface area contributed by atoms with Crippen LogP contribution in [0.25, 0.3) is 0 Å². The van der Waals surface area contributed by atoms with Crippen molar-refractivity contribution in [3.05, 3.63) is 52.2 Å². The molecule has 2 aromatic rings. The van der Waals surface area contributed by atoms with E-state index in [9.17, 15) is 9.18 Å². The predicted molar refractivity (Wildman–Crippen MR) is 90.6 cm³/mol. The van der Waals surface area contributed by atoms with Gasteiger partial charge in [0.05, 0.1) is 0 Å². The maximum Gasteiger partial charge on any atom is 0.270 e. The molecule has 0 atom stereocenters. The quantitative estimate of drug-likeness (QED) is 0.905. The molecule has 1 aliphatic rings. The number of carbonyl (C=O) groups excluding carboxylic acids is 1. The first kappa shape index (κ1) is 16.4. The van der Waals surface area contributed by atoms with Crippen LogP contribution in [-0.2, 0) is 13.0 Å². The van der Waals surface area contributed by atoms with Gasteiger partial charge in [-0.15, -0.1) is 0 Å². The Balaban J connectivity index is 1.91. The van der Waals surface area contributed by atoms with Gasteiger partial charge in [0.1, 0.15) is 23.2 Å². The fourth-order valence-electron chi connectivity index (χ4n) is 2.72. The Bertz CT molecular complexity index is 789. The summed E-state index contributed by atoms with van der Waals surface area (Å²) in [7, 11) is 0. The van der Waals surface area contributed by atoms with Gasteiger partial charge in [0.15, 0.2) is 0 Å². The number of carbonyl (C=O) groups is 1. The second-order valence-electron chi connectivity index (χ2n) is 6.36. The van der Waals surface area contributed by atoms with E-state index < -0.39 is 0 Å². The zero-order chi connectivity index (χ0) is 17.3. The van der Waals surface area contributed by atoms with Crippen LogP contribution >= 0.6 is 0 Å². The minimum absolute atomic E-state index is 0.124. The third-order valence-corrected chi connectivity index (χ3v) is 4.10. The summed E-state index contributed by atoms with van der Waals surface area (Å²) >= 11 is 0. The number of nitrogens with one attached hydrogen (secondary N) is 2. The lowest BCUT2D eigenvalue weighted by molar-refractivity contribution is 0.0940. The molecule has 2 heterocycles. The molecular weight excluding hydrogens is 307 g/mol. The molecular formula is C18H21FN4O. The SMILES string of the molecule is Cc1cc(CNc2nc(C(C)C)nc3c2CCNC3=O)ccc1F. The van der Waals surface area contributed by atoms with Crippen LogP contribution in [-0.4, -0.2) is 22.4 Å². The molecule has 5 nitrogen and oxygen atoms in total. The second kappa shape index (κ2) is 6.55. The standard InChI is InChI=1S/C18H21FN4O/c1-10(2)16-22-15-13(6-7-20-18(15)24)17(23-16)21-9-12-4-5-14(19)11(3)8-12/h4-5,8,10H,6-7,9H2,1-3H3,(H,20,24)(H,21,22,23). The van der Waals surface area contributed by atoms with Crippen LogP contribution in [0.1, 0.15) is 52.8 Å². The smallest absolute Gasteiger partial charge is 0.270 e. The molecule has 3 rings (SSSR count). The van der Waals surface area contributed by atoms with Crippen molar-refractivity contribution < 1.29 is 9.18 Å². The van der Waals surface area contributed by atoms with E-state index in [0.29, 0.717) is 42.4 Å². The van der Waals surface area contributed by atoms with Gasteiger partial charge in [-0.1, -0.05) is 26.0 Å². The molecule has 1 aromatic carbocycles. The molecule has 1 aliphatic heterocycles. The van der Waals surface area contributed by atoms with Crippen molar-refractivity contribution in [2.24, 2.45) is 0 Å². The predicted octanol–water partition coefficient (Wildman–Crippen LogP) is 2.95. The molecule has 126 valence electrons. The summed E-state index contributed by atoms with van der Waals surface area (Å²) in [5.41, 5.74) is 2.88. The zero-order valence-electron chi connectivity index (χ0n) is 14.1. The average Bonchev–Trinajstić information content (AvgIpc) is 2.56. The van der Waals surface area contributed by atoms with Crippen LogP contribution < -0.4 is 10.6 Å². The van der Waals surface area contributed by atoms with Gasteiger partial charge in [0, 0.05) is 24.6 Å². The molecule has 0 saturated carbocycles. The Kier molecular flexibility index (Phi) is 4.46. The van der Waals surface area contributed by atoms with Gasteiger partial charge in [0.25, 0.3) is 5.91 Å². The third kappa shape index (κ3) is 3.22. The Morgan fingerprint density at radius 2 is 2.12 bits per heavy atom. The summed E-state index contributed by atoms with van der Waals surface area (Å²) in [4.78, 5) is 21.1. The summed E-state index contributed by atoms with van der Waals surface area (Å²) in [6, 6.07) is 5.03. The largest absolute Gasteiger partial charge is 0.366 e. The van der Waals surface area contributed by atoms with E-state index in [1.807, 2.05) is 19.9 Å². The molecule has 0 saturated heterocycles. The fraction of sp³-hybridized carbons (Fsp3) is 0.389. The van der Waals surface area contributed by atoms with Crippen LogP contribution in [0.2, 0.25) is 0 Å². The minimum Gasteiger partial charge on any atom is -0.366 e. The lowest BCUT2D eigenvalue weighted by Gasteiger charge is -2.21. The number of fused-ring (bicyclic) bond motifs is 1. The average molecular weight is 328 g/mol. The zero-order valence-corrected chi connectivity index (χ0v) is 14.1. The Hall–Kier alpha value is -2.50. The molecule has 0 radical (unpaired) electrons. The monoisotopic (exact) mass is 328 g/mol. The number of halogens is 1. The number of amides is 1. The summed E-state index contributed by atoms with van der Waals surface area (Å²) in [5.74, 6) is 1.10. The van der Waals surface area contributed by atoms with Crippen molar-refractivity contribution in [1.82, 2.24) is 15.3 Å². The second-order valence-corrected chi connectivity index (χ2v) is 6.36. The van der Waals surface area contributed by atoms with Gasteiger partial charge in [-0.2, -0.15) is 0 Å². The van der Waals surface area contributed by atoms with Gasteiger partial charge in [-0.25, -0.2) is 14.4 Å². The number of anilines is 1. The fourth-order valence-corrected chi connectivity index (χ4v) is 2.72. The summed E-state index contributed by atoms with van der Waals surface area (Å²) in [5, 5.41) is 6.12. The van der Waals surface area contributed by atoms with E-state index in [1.54, 1.807) is 13.0 Å². The highest BCUT2D eigenvalue weighted by atomic mass is 19.1. The molecule has 24 heavy (non-hydrogen) atoms. The van der Waals surface area contributed by atoms with Crippen LogP contribution in [0.5, 0.6) is 0 Å². The summed E-state index contributed by atoms with van der Waals surface area (Å²) in [6.45, 7) is 6.84. The topological polar surface area (TPSA) is 66.9 Å². The first-order chi connectivity index (χ1) is 11.5. The van der Waals surface area contributed by atoms with Crippen molar-refractivity contribution in [2.75, 3.05) is 11.9 Å². The van der Waals surface area contributed by atoms with Crippen molar-refractivity contribution in [3.63, 3.8) is 0 Å². The Morgan fingerprint density at radius 3 is 2.83 bits per heavy atom. The number of aromatic nitrogens is 2. The highest BCUT2D eigenvalue weighted by molar-refractivity contribution is 5.96. The van der Waals surface area contributed by atoms with Gasteiger partial charge >= 0.3 is 0 Å². The molecule has 0 spiro atoms.